The second-order valence-corrected chi connectivity index (χ2v) is 8.21. The van der Waals surface area contributed by atoms with Crippen molar-refractivity contribution < 1.29 is 4.79 Å². The molecule has 0 bridgehead atoms. The summed E-state index contributed by atoms with van der Waals surface area (Å²) < 4.78 is 0. The Hall–Kier alpha value is -3.36. The van der Waals surface area contributed by atoms with Crippen LogP contribution >= 0.6 is 0 Å². The number of aromatic amines is 1. The number of benzene rings is 1. The number of carbonyl (C=O) groups excluding carboxylic acids is 1. The first-order valence-electron chi connectivity index (χ1n) is 11.0. The number of amides is 1. The Labute approximate surface area is 180 Å². The van der Waals surface area contributed by atoms with Gasteiger partial charge in [0, 0.05) is 31.7 Å². The highest BCUT2D eigenvalue weighted by Gasteiger charge is 2.25. The molecule has 1 aliphatic heterocycles. The van der Waals surface area contributed by atoms with Crippen molar-refractivity contribution in [2.45, 2.75) is 38.0 Å². The predicted molar refractivity (Wildman–Crippen MR) is 116 cm³/mol. The van der Waals surface area contributed by atoms with Crippen LogP contribution in [-0.4, -0.2) is 67.3 Å². The molecule has 31 heavy (non-hydrogen) atoms. The zero-order chi connectivity index (χ0) is 21.0. The first-order chi connectivity index (χ1) is 15.3. The standard InChI is InChI=1S/C22H26N8O/c31-21(20-23-15-25-27-20)29-10-12-30(13-11-29)22-26-19(14-24-28-22)18-8-6-17(7-9-18)16-4-2-1-3-5-16/h6-9,14-16H,1-5,10-13H2,(H,23,25,27). The van der Waals surface area contributed by atoms with Crippen molar-refractivity contribution in [3.63, 3.8) is 0 Å². The molecule has 9 nitrogen and oxygen atoms in total. The van der Waals surface area contributed by atoms with E-state index >= 15 is 0 Å². The number of nitrogens with one attached hydrogen (secondary N) is 1. The molecule has 1 N–H and O–H groups in total. The number of hydrogen-bond donors (Lipinski definition) is 1. The third kappa shape index (κ3) is 4.26. The molecule has 0 unspecified atom stereocenters. The molecule has 160 valence electrons. The Morgan fingerprint density at radius 3 is 2.48 bits per heavy atom. The molecule has 0 atom stereocenters. The van der Waals surface area contributed by atoms with Crippen molar-refractivity contribution in [2.75, 3.05) is 31.1 Å². The molecular weight excluding hydrogens is 392 g/mol. The maximum Gasteiger partial charge on any atom is 0.291 e. The fourth-order valence-electron chi connectivity index (χ4n) is 4.50. The van der Waals surface area contributed by atoms with Gasteiger partial charge in [0.25, 0.3) is 5.91 Å². The number of piperazine rings is 1. The van der Waals surface area contributed by atoms with E-state index in [4.69, 9.17) is 4.98 Å². The fraction of sp³-hybridized carbons (Fsp3) is 0.455. The average molecular weight is 419 g/mol. The summed E-state index contributed by atoms with van der Waals surface area (Å²) in [5, 5.41) is 14.8. The van der Waals surface area contributed by atoms with Crippen molar-refractivity contribution in [1.82, 2.24) is 35.3 Å². The topological polar surface area (TPSA) is 104 Å². The molecular formula is C22H26N8O. The molecule has 3 aromatic rings. The van der Waals surface area contributed by atoms with Crippen molar-refractivity contribution in [3.8, 4) is 11.3 Å². The first kappa shape index (κ1) is 19.6. The number of carbonyl (C=O) groups is 1. The molecule has 1 saturated carbocycles. The monoisotopic (exact) mass is 418 g/mol. The number of H-pyrrole nitrogens is 1. The number of nitrogens with zero attached hydrogens (tertiary/aromatic N) is 7. The highest BCUT2D eigenvalue weighted by Crippen LogP contribution is 2.33. The third-order valence-electron chi connectivity index (χ3n) is 6.30. The van der Waals surface area contributed by atoms with E-state index in [2.05, 4.69) is 54.5 Å². The van der Waals surface area contributed by atoms with Crippen LogP contribution < -0.4 is 4.90 Å². The number of hydrogen-bond acceptors (Lipinski definition) is 7. The van der Waals surface area contributed by atoms with E-state index in [0.29, 0.717) is 38.0 Å². The lowest BCUT2D eigenvalue weighted by Gasteiger charge is -2.34. The van der Waals surface area contributed by atoms with E-state index in [-0.39, 0.29) is 11.7 Å². The molecule has 2 fully saturated rings. The summed E-state index contributed by atoms with van der Waals surface area (Å²) in [6.07, 6.45) is 9.68. The molecule has 2 aliphatic rings. The summed E-state index contributed by atoms with van der Waals surface area (Å²) in [5.41, 5.74) is 3.30. The largest absolute Gasteiger partial charge is 0.336 e. The molecule has 3 heterocycles. The third-order valence-corrected chi connectivity index (χ3v) is 6.30. The average Bonchev–Trinajstić information content (AvgIpc) is 3.40. The van der Waals surface area contributed by atoms with Crippen LogP contribution in [0.3, 0.4) is 0 Å². The van der Waals surface area contributed by atoms with Gasteiger partial charge in [0.1, 0.15) is 6.33 Å². The first-order valence-corrected chi connectivity index (χ1v) is 11.0. The van der Waals surface area contributed by atoms with Gasteiger partial charge in [-0.3, -0.25) is 9.89 Å². The van der Waals surface area contributed by atoms with Gasteiger partial charge in [-0.1, -0.05) is 43.5 Å². The van der Waals surface area contributed by atoms with E-state index < -0.39 is 0 Å². The van der Waals surface area contributed by atoms with E-state index in [1.165, 1.54) is 44.0 Å². The van der Waals surface area contributed by atoms with Crippen molar-refractivity contribution in [2.24, 2.45) is 0 Å². The maximum atomic E-state index is 12.4. The van der Waals surface area contributed by atoms with Crippen LogP contribution in [-0.2, 0) is 0 Å². The second kappa shape index (κ2) is 8.79. The quantitative estimate of drug-likeness (QED) is 0.695. The van der Waals surface area contributed by atoms with Crippen LogP contribution in [0, 0.1) is 0 Å². The van der Waals surface area contributed by atoms with Crippen LogP contribution in [0.15, 0.2) is 36.8 Å². The van der Waals surface area contributed by atoms with Crippen molar-refractivity contribution in [3.05, 3.63) is 48.2 Å². The molecule has 1 aliphatic carbocycles. The molecule has 2 aromatic heterocycles. The molecule has 0 radical (unpaired) electrons. The van der Waals surface area contributed by atoms with Crippen LogP contribution in [0.25, 0.3) is 11.3 Å². The summed E-state index contributed by atoms with van der Waals surface area (Å²) in [6.45, 7) is 2.43. The van der Waals surface area contributed by atoms with Gasteiger partial charge in [0.15, 0.2) is 0 Å². The van der Waals surface area contributed by atoms with Gasteiger partial charge >= 0.3 is 0 Å². The highest BCUT2D eigenvalue weighted by molar-refractivity contribution is 5.90. The van der Waals surface area contributed by atoms with E-state index in [1.807, 2.05) is 0 Å². The minimum Gasteiger partial charge on any atom is -0.336 e. The zero-order valence-electron chi connectivity index (χ0n) is 17.4. The molecule has 1 saturated heterocycles. The van der Waals surface area contributed by atoms with Gasteiger partial charge in [-0.25, -0.2) is 9.97 Å². The minimum atomic E-state index is -0.136. The lowest BCUT2D eigenvalue weighted by atomic mass is 9.84. The van der Waals surface area contributed by atoms with Gasteiger partial charge in [0.05, 0.1) is 11.9 Å². The summed E-state index contributed by atoms with van der Waals surface area (Å²) >= 11 is 0. The highest BCUT2D eigenvalue weighted by atomic mass is 16.2. The molecule has 1 amide bonds. The SMILES string of the molecule is O=C(c1ncn[nH]1)N1CCN(c2nncc(-c3ccc(C4CCCCC4)cc3)n2)CC1. The summed E-state index contributed by atoms with van der Waals surface area (Å²) in [5.74, 6) is 1.42. The number of rotatable bonds is 4. The van der Waals surface area contributed by atoms with Crippen LogP contribution in [0.4, 0.5) is 5.95 Å². The summed E-state index contributed by atoms with van der Waals surface area (Å²) in [6, 6.07) is 8.76. The van der Waals surface area contributed by atoms with Gasteiger partial charge in [0.2, 0.25) is 11.8 Å². The smallest absolute Gasteiger partial charge is 0.291 e. The summed E-state index contributed by atoms with van der Waals surface area (Å²) in [7, 11) is 0. The minimum absolute atomic E-state index is 0.136. The molecule has 5 rings (SSSR count). The number of anilines is 1. The maximum absolute atomic E-state index is 12.4. The lowest BCUT2D eigenvalue weighted by Crippen LogP contribution is -2.49. The molecule has 0 spiro atoms. The Morgan fingerprint density at radius 1 is 1.00 bits per heavy atom. The van der Waals surface area contributed by atoms with E-state index in [9.17, 15) is 4.79 Å². The predicted octanol–water partition coefficient (Wildman–Crippen LogP) is 2.67. The Bertz CT molecular complexity index is 1010. The second-order valence-electron chi connectivity index (χ2n) is 8.21. The van der Waals surface area contributed by atoms with E-state index in [1.54, 1.807) is 11.1 Å². The molecule has 9 heteroatoms. The van der Waals surface area contributed by atoms with Crippen LogP contribution in [0.1, 0.15) is 54.2 Å². The Morgan fingerprint density at radius 2 is 1.77 bits per heavy atom. The number of aromatic nitrogens is 6. The van der Waals surface area contributed by atoms with E-state index in [0.717, 1.165) is 11.3 Å². The van der Waals surface area contributed by atoms with Crippen molar-refractivity contribution >= 4 is 11.9 Å². The fourth-order valence-corrected chi connectivity index (χ4v) is 4.50. The van der Waals surface area contributed by atoms with Crippen LogP contribution in [0.5, 0.6) is 0 Å². The van der Waals surface area contributed by atoms with Crippen molar-refractivity contribution in [1.29, 1.82) is 0 Å². The van der Waals surface area contributed by atoms with Crippen LogP contribution in [0.2, 0.25) is 0 Å². The molecule has 1 aromatic carbocycles. The van der Waals surface area contributed by atoms with Gasteiger partial charge in [-0.15, -0.1) is 5.10 Å². The van der Waals surface area contributed by atoms with Gasteiger partial charge < -0.3 is 9.80 Å². The summed E-state index contributed by atoms with van der Waals surface area (Å²) in [4.78, 5) is 24.9. The lowest BCUT2D eigenvalue weighted by molar-refractivity contribution is 0.0734. The van der Waals surface area contributed by atoms with Gasteiger partial charge in [-0.2, -0.15) is 10.2 Å². The Kier molecular flexibility index (Phi) is 5.56. The Balaban J connectivity index is 1.25. The van der Waals surface area contributed by atoms with Gasteiger partial charge in [-0.05, 0) is 24.3 Å². The normalized spacial score (nSPS) is 17.7. The zero-order valence-corrected chi connectivity index (χ0v) is 17.4.